The van der Waals surface area contributed by atoms with Crippen molar-refractivity contribution in [2.45, 2.75) is 45.6 Å². The van der Waals surface area contributed by atoms with Crippen molar-refractivity contribution >= 4 is 28.5 Å². The molecule has 4 aromatic rings. The Morgan fingerprint density at radius 2 is 1.64 bits per heavy atom. The number of hydrogen-bond acceptors (Lipinski definition) is 2. The zero-order chi connectivity index (χ0) is 23.0. The Morgan fingerprint density at radius 3 is 2.45 bits per heavy atom. The quantitative estimate of drug-likeness (QED) is 0.290. The van der Waals surface area contributed by atoms with E-state index in [9.17, 15) is 4.79 Å². The summed E-state index contributed by atoms with van der Waals surface area (Å²) in [5.74, 6) is 1.14. The average Bonchev–Trinajstić information content (AvgIpc) is 3.16. The minimum atomic E-state index is 0.0168. The Morgan fingerprint density at radius 1 is 0.909 bits per heavy atom. The number of amides is 1. The number of aromatic nitrogens is 2. The Balaban J connectivity index is 1.29. The van der Waals surface area contributed by atoms with Crippen LogP contribution in [0.4, 0.5) is 0 Å². The number of carbonyl (C=O) groups excluding carboxylic acids is 1. The van der Waals surface area contributed by atoms with Gasteiger partial charge in [0.15, 0.2) is 0 Å². The van der Waals surface area contributed by atoms with E-state index in [0.29, 0.717) is 18.0 Å². The van der Waals surface area contributed by atoms with Crippen LogP contribution in [0.5, 0.6) is 0 Å². The Labute approximate surface area is 200 Å². The molecule has 0 radical (unpaired) electrons. The largest absolute Gasteiger partial charge is 0.356 e. The first kappa shape index (κ1) is 23.1. The lowest BCUT2D eigenvalue weighted by molar-refractivity contribution is -0.120. The summed E-state index contributed by atoms with van der Waals surface area (Å²) in [4.78, 5) is 17.1. The summed E-state index contributed by atoms with van der Waals surface area (Å²) in [7, 11) is 0. The zero-order valence-electron chi connectivity index (χ0n) is 19.1. The van der Waals surface area contributed by atoms with Crippen molar-refractivity contribution in [1.29, 1.82) is 0 Å². The summed E-state index contributed by atoms with van der Waals surface area (Å²) in [5, 5.41) is 3.65. The van der Waals surface area contributed by atoms with Gasteiger partial charge in [0.1, 0.15) is 5.82 Å². The Kier molecular flexibility index (Phi) is 7.79. The SMILES string of the molecule is Cc1ccccc1Cn1c(CCCCCNC(=O)Cc2ccccc2Cl)nc2ccccc21. The molecule has 0 bridgehead atoms. The number of para-hydroxylation sites is 2. The van der Waals surface area contributed by atoms with Crippen LogP contribution in [0.15, 0.2) is 72.8 Å². The van der Waals surface area contributed by atoms with E-state index in [-0.39, 0.29) is 5.91 Å². The van der Waals surface area contributed by atoms with Crippen LogP contribution in [0.2, 0.25) is 5.02 Å². The van der Waals surface area contributed by atoms with Crippen LogP contribution in [-0.2, 0) is 24.2 Å². The molecule has 4 nitrogen and oxygen atoms in total. The van der Waals surface area contributed by atoms with Crippen LogP contribution in [-0.4, -0.2) is 22.0 Å². The Hall–Kier alpha value is -3.11. The number of imidazole rings is 1. The predicted octanol–water partition coefficient (Wildman–Crippen LogP) is 6.12. The molecule has 1 amide bonds. The molecule has 170 valence electrons. The van der Waals surface area contributed by atoms with Crippen LogP contribution < -0.4 is 5.32 Å². The minimum absolute atomic E-state index is 0.0168. The fraction of sp³-hybridized carbons (Fsp3) is 0.286. The number of aryl methyl sites for hydroxylation is 2. The maximum absolute atomic E-state index is 12.2. The van der Waals surface area contributed by atoms with Crippen molar-refractivity contribution < 1.29 is 4.79 Å². The van der Waals surface area contributed by atoms with Gasteiger partial charge in [-0.25, -0.2) is 4.98 Å². The maximum atomic E-state index is 12.2. The minimum Gasteiger partial charge on any atom is -0.356 e. The number of rotatable bonds is 10. The molecule has 0 aliphatic rings. The molecule has 5 heteroatoms. The number of benzene rings is 3. The molecule has 1 aromatic heterocycles. The first-order valence-electron chi connectivity index (χ1n) is 11.6. The third-order valence-electron chi connectivity index (χ3n) is 6.03. The highest BCUT2D eigenvalue weighted by molar-refractivity contribution is 6.31. The molecule has 1 N–H and O–H groups in total. The molecule has 0 fully saturated rings. The van der Waals surface area contributed by atoms with E-state index >= 15 is 0 Å². The molecule has 0 saturated heterocycles. The van der Waals surface area contributed by atoms with Gasteiger partial charge < -0.3 is 9.88 Å². The second-order valence-electron chi connectivity index (χ2n) is 8.46. The van der Waals surface area contributed by atoms with Crippen molar-refractivity contribution in [3.8, 4) is 0 Å². The van der Waals surface area contributed by atoms with E-state index in [2.05, 4.69) is 59.3 Å². The molecule has 0 atom stereocenters. The summed E-state index contributed by atoms with van der Waals surface area (Å²) < 4.78 is 2.35. The monoisotopic (exact) mass is 459 g/mol. The number of fused-ring (bicyclic) bond motifs is 1. The molecular formula is C28H30ClN3O. The number of hydrogen-bond donors (Lipinski definition) is 1. The summed E-state index contributed by atoms with van der Waals surface area (Å²) in [6.45, 7) is 3.68. The van der Waals surface area contributed by atoms with Crippen molar-refractivity contribution in [2.75, 3.05) is 6.54 Å². The van der Waals surface area contributed by atoms with Crippen molar-refractivity contribution in [3.63, 3.8) is 0 Å². The van der Waals surface area contributed by atoms with Gasteiger partial charge in [-0.3, -0.25) is 4.79 Å². The maximum Gasteiger partial charge on any atom is 0.224 e. The fourth-order valence-electron chi connectivity index (χ4n) is 4.14. The highest BCUT2D eigenvalue weighted by Gasteiger charge is 2.12. The van der Waals surface area contributed by atoms with Crippen molar-refractivity contribution in [1.82, 2.24) is 14.9 Å². The van der Waals surface area contributed by atoms with E-state index in [1.54, 1.807) is 0 Å². The van der Waals surface area contributed by atoms with Crippen LogP contribution in [0, 0.1) is 6.92 Å². The predicted molar refractivity (Wildman–Crippen MR) is 136 cm³/mol. The van der Waals surface area contributed by atoms with Gasteiger partial charge in [0.05, 0.1) is 17.5 Å². The lowest BCUT2D eigenvalue weighted by Crippen LogP contribution is -2.26. The molecule has 0 spiro atoms. The summed E-state index contributed by atoms with van der Waals surface area (Å²) in [5.41, 5.74) is 5.72. The van der Waals surface area contributed by atoms with Gasteiger partial charge in [-0.05, 0) is 54.7 Å². The molecule has 33 heavy (non-hydrogen) atoms. The van der Waals surface area contributed by atoms with Gasteiger partial charge in [0.25, 0.3) is 0 Å². The highest BCUT2D eigenvalue weighted by Crippen LogP contribution is 2.21. The molecular weight excluding hydrogens is 430 g/mol. The third-order valence-corrected chi connectivity index (χ3v) is 6.40. The second kappa shape index (κ2) is 11.2. The lowest BCUT2D eigenvalue weighted by atomic mass is 10.1. The van der Waals surface area contributed by atoms with Crippen LogP contribution in [0.25, 0.3) is 11.0 Å². The molecule has 0 aliphatic heterocycles. The molecule has 0 saturated carbocycles. The van der Waals surface area contributed by atoms with Gasteiger partial charge in [0.2, 0.25) is 5.91 Å². The van der Waals surface area contributed by atoms with Gasteiger partial charge in [-0.15, -0.1) is 0 Å². The first-order valence-corrected chi connectivity index (χ1v) is 12.0. The third kappa shape index (κ3) is 6.02. The number of carbonyl (C=O) groups is 1. The van der Waals surface area contributed by atoms with E-state index in [1.165, 1.54) is 16.6 Å². The van der Waals surface area contributed by atoms with Gasteiger partial charge >= 0.3 is 0 Å². The van der Waals surface area contributed by atoms with Gasteiger partial charge in [-0.1, -0.05) is 72.6 Å². The van der Waals surface area contributed by atoms with Crippen LogP contribution in [0.3, 0.4) is 0 Å². The summed E-state index contributed by atoms with van der Waals surface area (Å²) >= 11 is 6.14. The van der Waals surface area contributed by atoms with E-state index in [0.717, 1.165) is 49.1 Å². The molecule has 4 rings (SSSR count). The average molecular weight is 460 g/mol. The molecule has 0 unspecified atom stereocenters. The van der Waals surface area contributed by atoms with Gasteiger partial charge in [-0.2, -0.15) is 0 Å². The van der Waals surface area contributed by atoms with E-state index < -0.39 is 0 Å². The molecule has 3 aromatic carbocycles. The van der Waals surface area contributed by atoms with E-state index in [4.69, 9.17) is 16.6 Å². The molecule has 0 aliphatic carbocycles. The summed E-state index contributed by atoms with van der Waals surface area (Å²) in [6, 6.07) is 24.4. The number of unbranched alkanes of at least 4 members (excludes halogenated alkanes) is 2. The first-order chi connectivity index (χ1) is 16.1. The van der Waals surface area contributed by atoms with E-state index in [1.807, 2.05) is 30.3 Å². The van der Waals surface area contributed by atoms with Crippen LogP contribution >= 0.6 is 11.6 Å². The lowest BCUT2D eigenvalue weighted by Gasteiger charge is -2.12. The normalized spacial score (nSPS) is 11.1. The Bertz CT molecular complexity index is 1230. The highest BCUT2D eigenvalue weighted by atomic mass is 35.5. The summed E-state index contributed by atoms with van der Waals surface area (Å²) in [6.07, 6.45) is 4.28. The standard InChI is InChI=1S/C28H30ClN3O/c1-21-11-4-5-13-23(21)20-32-26-16-9-8-15-25(26)31-27(32)17-3-2-10-18-30-28(33)19-22-12-6-7-14-24(22)29/h4-9,11-16H,2-3,10,17-20H2,1H3,(H,30,33). The van der Waals surface area contributed by atoms with Crippen molar-refractivity contribution in [2.24, 2.45) is 0 Å². The second-order valence-corrected chi connectivity index (χ2v) is 8.87. The van der Waals surface area contributed by atoms with Crippen molar-refractivity contribution in [3.05, 3.63) is 100 Å². The van der Waals surface area contributed by atoms with Gasteiger partial charge in [0, 0.05) is 24.5 Å². The topological polar surface area (TPSA) is 46.9 Å². The molecule has 1 heterocycles. The fourth-order valence-corrected chi connectivity index (χ4v) is 4.34. The number of nitrogens with zero attached hydrogens (tertiary/aromatic N) is 2. The van der Waals surface area contributed by atoms with Crippen LogP contribution in [0.1, 0.15) is 41.8 Å². The number of halogens is 1. The number of nitrogens with one attached hydrogen (secondary N) is 1. The zero-order valence-corrected chi connectivity index (χ0v) is 19.8. The smallest absolute Gasteiger partial charge is 0.224 e.